The van der Waals surface area contributed by atoms with Crippen LogP contribution in [0.25, 0.3) is 0 Å². The molecule has 0 N–H and O–H groups in total. The van der Waals surface area contributed by atoms with E-state index < -0.39 is 10.1 Å². The van der Waals surface area contributed by atoms with E-state index in [1.54, 1.807) is 29.2 Å². The molecule has 31 heavy (non-hydrogen) atoms. The first-order chi connectivity index (χ1) is 14.3. The van der Waals surface area contributed by atoms with Gasteiger partial charge < -0.3 is 13.8 Å². The summed E-state index contributed by atoms with van der Waals surface area (Å²) in [4.78, 5) is 14.6. The Morgan fingerprint density at radius 3 is 2.23 bits per heavy atom. The highest BCUT2D eigenvalue weighted by atomic mass is 35.5. The van der Waals surface area contributed by atoms with Gasteiger partial charge in [-0.15, -0.1) is 0 Å². The molecule has 0 unspecified atom stereocenters. The van der Waals surface area contributed by atoms with E-state index in [4.69, 9.17) is 20.5 Å². The van der Waals surface area contributed by atoms with Gasteiger partial charge in [0.1, 0.15) is 16.4 Å². The van der Waals surface area contributed by atoms with E-state index in [1.165, 1.54) is 25.3 Å². The second-order valence-corrected chi connectivity index (χ2v) is 10.8. The van der Waals surface area contributed by atoms with Crippen molar-refractivity contribution in [3.8, 4) is 11.5 Å². The zero-order chi connectivity index (χ0) is 23.4. The minimum absolute atomic E-state index is 0.00118. The molecule has 0 spiro atoms. The van der Waals surface area contributed by atoms with Crippen molar-refractivity contribution in [2.24, 2.45) is 5.41 Å². The first-order valence-corrected chi connectivity index (χ1v) is 11.8. The third kappa shape index (κ3) is 7.14. The molecule has 0 bridgehead atoms. The van der Waals surface area contributed by atoms with Gasteiger partial charge in [-0.05, 0) is 61.7 Å². The van der Waals surface area contributed by atoms with Crippen LogP contribution in [0, 0.1) is 5.41 Å². The van der Waals surface area contributed by atoms with E-state index in [2.05, 4.69) is 0 Å². The number of carbonyl (C=O) groups excluding carboxylic acids is 1. The summed E-state index contributed by atoms with van der Waals surface area (Å²) in [6.45, 7) is 10.0. The highest BCUT2D eigenvalue weighted by molar-refractivity contribution is 7.87. The Morgan fingerprint density at radius 2 is 1.71 bits per heavy atom. The fourth-order valence-corrected chi connectivity index (χ4v) is 4.12. The Kier molecular flexibility index (Phi) is 8.00. The molecule has 0 atom stereocenters. The zero-order valence-electron chi connectivity index (χ0n) is 18.8. The molecule has 0 radical (unpaired) electrons. The molecule has 6 nitrogen and oxygen atoms in total. The maximum atomic E-state index is 12.9. The van der Waals surface area contributed by atoms with Crippen LogP contribution >= 0.6 is 11.6 Å². The molecule has 2 rings (SSSR count). The second kappa shape index (κ2) is 9.92. The molecular weight excluding hydrogens is 438 g/mol. The number of halogens is 1. The largest absolute Gasteiger partial charge is 0.497 e. The number of nitrogens with zero attached hydrogens (tertiary/aromatic N) is 1. The van der Waals surface area contributed by atoms with Crippen molar-refractivity contribution in [2.75, 3.05) is 7.11 Å². The van der Waals surface area contributed by atoms with Crippen LogP contribution in [0.1, 0.15) is 46.6 Å². The highest BCUT2D eigenvalue weighted by Crippen LogP contribution is 2.29. The van der Waals surface area contributed by atoms with Gasteiger partial charge in [-0.25, -0.2) is 0 Å². The second-order valence-electron chi connectivity index (χ2n) is 8.82. The average molecular weight is 468 g/mol. The van der Waals surface area contributed by atoms with Crippen molar-refractivity contribution in [3.05, 3.63) is 53.1 Å². The topological polar surface area (TPSA) is 72.9 Å². The molecule has 0 aromatic heterocycles. The summed E-state index contributed by atoms with van der Waals surface area (Å²) in [6.07, 6.45) is 0.367. The number of hydrogen-bond acceptors (Lipinski definition) is 5. The van der Waals surface area contributed by atoms with Gasteiger partial charge in [0.2, 0.25) is 5.91 Å². The first-order valence-electron chi connectivity index (χ1n) is 9.99. The minimum Gasteiger partial charge on any atom is -0.497 e. The summed E-state index contributed by atoms with van der Waals surface area (Å²) >= 11 is 6.17. The Labute approximate surface area is 190 Å². The molecule has 1 amide bonds. The van der Waals surface area contributed by atoms with Gasteiger partial charge in [-0.2, -0.15) is 8.42 Å². The lowest BCUT2D eigenvalue weighted by Gasteiger charge is -2.30. The van der Waals surface area contributed by atoms with Gasteiger partial charge >= 0.3 is 10.1 Å². The van der Waals surface area contributed by atoms with E-state index in [-0.39, 0.29) is 34.6 Å². The van der Waals surface area contributed by atoms with Crippen LogP contribution in [0.4, 0.5) is 0 Å². The fraction of sp³-hybridized carbons (Fsp3) is 0.435. The summed E-state index contributed by atoms with van der Waals surface area (Å²) < 4.78 is 36.1. The third-order valence-electron chi connectivity index (χ3n) is 4.54. The van der Waals surface area contributed by atoms with Crippen molar-refractivity contribution in [1.29, 1.82) is 0 Å². The zero-order valence-corrected chi connectivity index (χ0v) is 20.4. The average Bonchev–Trinajstić information content (AvgIpc) is 2.66. The lowest BCUT2D eigenvalue weighted by atomic mass is 9.91. The summed E-state index contributed by atoms with van der Waals surface area (Å²) in [7, 11) is -2.58. The van der Waals surface area contributed by atoms with Crippen LogP contribution in [0.5, 0.6) is 11.5 Å². The van der Waals surface area contributed by atoms with Crippen LogP contribution in [0.3, 0.4) is 0 Å². The predicted molar refractivity (Wildman–Crippen MR) is 122 cm³/mol. The van der Waals surface area contributed by atoms with Gasteiger partial charge in [-0.1, -0.05) is 32.4 Å². The number of ether oxygens (including phenoxy) is 1. The predicted octanol–water partition coefficient (Wildman–Crippen LogP) is 5.29. The maximum absolute atomic E-state index is 12.9. The van der Waals surface area contributed by atoms with Gasteiger partial charge in [0, 0.05) is 29.6 Å². The normalized spacial score (nSPS) is 12.0. The lowest BCUT2D eigenvalue weighted by molar-refractivity contribution is -0.135. The Balaban J connectivity index is 2.35. The van der Waals surface area contributed by atoms with E-state index >= 15 is 0 Å². The van der Waals surface area contributed by atoms with E-state index in [9.17, 15) is 13.2 Å². The molecule has 2 aromatic rings. The molecule has 0 aliphatic heterocycles. The molecule has 170 valence electrons. The maximum Gasteiger partial charge on any atom is 0.339 e. The Morgan fingerprint density at radius 1 is 1.10 bits per heavy atom. The summed E-state index contributed by atoms with van der Waals surface area (Å²) in [6, 6.07) is 10.5. The molecule has 0 heterocycles. The monoisotopic (exact) mass is 467 g/mol. The number of carbonyl (C=O) groups is 1. The number of rotatable bonds is 8. The Hall–Kier alpha value is -2.25. The van der Waals surface area contributed by atoms with Crippen LogP contribution in [-0.2, 0) is 21.5 Å². The molecule has 0 saturated carbocycles. The van der Waals surface area contributed by atoms with E-state index in [1.807, 2.05) is 34.6 Å². The van der Waals surface area contributed by atoms with Crippen molar-refractivity contribution in [1.82, 2.24) is 4.90 Å². The molecule has 8 heteroatoms. The van der Waals surface area contributed by atoms with Crippen molar-refractivity contribution < 1.29 is 22.1 Å². The highest BCUT2D eigenvalue weighted by Gasteiger charge is 2.25. The lowest BCUT2D eigenvalue weighted by Crippen LogP contribution is -2.38. The molecule has 0 saturated heterocycles. The summed E-state index contributed by atoms with van der Waals surface area (Å²) in [5, 5.41) is 0.427. The number of hydrogen-bond donors (Lipinski definition) is 0. The molecule has 0 aliphatic carbocycles. The fourth-order valence-electron chi connectivity index (χ4n) is 2.96. The molecule has 0 aliphatic rings. The quantitative estimate of drug-likeness (QED) is 0.493. The number of amides is 1. The van der Waals surface area contributed by atoms with Crippen LogP contribution in [0.2, 0.25) is 5.02 Å². The van der Waals surface area contributed by atoms with Crippen molar-refractivity contribution in [3.63, 3.8) is 0 Å². The number of methoxy groups -OCH3 is 1. The van der Waals surface area contributed by atoms with Gasteiger partial charge in [0.15, 0.2) is 0 Å². The van der Waals surface area contributed by atoms with Gasteiger partial charge in [0.05, 0.1) is 7.11 Å². The van der Waals surface area contributed by atoms with Crippen molar-refractivity contribution >= 4 is 27.6 Å². The van der Waals surface area contributed by atoms with Crippen LogP contribution < -0.4 is 8.92 Å². The van der Waals surface area contributed by atoms with E-state index in [0.29, 0.717) is 22.8 Å². The van der Waals surface area contributed by atoms with Gasteiger partial charge in [-0.3, -0.25) is 4.79 Å². The Bertz CT molecular complexity index is 1010. The third-order valence-corrected chi connectivity index (χ3v) is 6.02. The smallest absolute Gasteiger partial charge is 0.339 e. The van der Waals surface area contributed by atoms with Crippen LogP contribution in [-0.4, -0.2) is 32.4 Å². The number of benzene rings is 2. The molecule has 0 fully saturated rings. The van der Waals surface area contributed by atoms with Crippen molar-refractivity contribution in [2.45, 2.75) is 58.5 Å². The SMILES string of the molecule is COc1ccc(S(=O)(=O)Oc2ccc(Cl)cc2CN(C(=O)CC(C)(C)C)C(C)C)cc1. The standard InChI is InChI=1S/C23H30ClNO5S/c1-16(2)25(22(26)14-23(3,4)5)15-17-13-18(24)7-12-21(17)30-31(27,28)20-10-8-19(29-6)9-11-20/h7-13,16H,14-15H2,1-6H3. The molecular formula is C23H30ClNO5S. The van der Waals surface area contributed by atoms with Gasteiger partial charge in [0.25, 0.3) is 0 Å². The van der Waals surface area contributed by atoms with E-state index in [0.717, 1.165) is 0 Å². The summed E-state index contributed by atoms with van der Waals surface area (Å²) in [5.74, 6) is 0.650. The summed E-state index contributed by atoms with van der Waals surface area (Å²) in [5.41, 5.74) is 0.343. The molecule has 2 aromatic carbocycles. The van der Waals surface area contributed by atoms with Crippen LogP contribution in [0.15, 0.2) is 47.4 Å². The minimum atomic E-state index is -4.08. The first kappa shape index (κ1) is 25.0.